The Morgan fingerprint density at radius 2 is 1.85 bits per heavy atom. The zero-order valence-electron chi connectivity index (χ0n) is 22.6. The number of nitrogens with zero attached hydrogens (tertiary/aromatic N) is 5. The van der Waals surface area contributed by atoms with Gasteiger partial charge in [0.05, 0.1) is 11.1 Å². The van der Waals surface area contributed by atoms with Crippen LogP contribution in [0.25, 0.3) is 11.0 Å². The van der Waals surface area contributed by atoms with Crippen molar-refractivity contribution in [2.45, 2.75) is 26.8 Å². The Hall–Kier alpha value is -4.45. The predicted octanol–water partition coefficient (Wildman–Crippen LogP) is 3.85. The number of rotatable bonds is 6. The van der Waals surface area contributed by atoms with E-state index in [1.54, 1.807) is 37.5 Å². The third kappa shape index (κ3) is 5.91. The fraction of sp³-hybridized carbons (Fsp3) is 0.286. The number of nitrogens with one attached hydrogen (secondary N) is 3. The van der Waals surface area contributed by atoms with Crippen LogP contribution in [0.3, 0.4) is 0 Å². The second-order valence-electron chi connectivity index (χ2n) is 9.69. The van der Waals surface area contributed by atoms with Crippen LogP contribution >= 0.6 is 0 Å². The fourth-order valence-corrected chi connectivity index (χ4v) is 5.28. The zero-order valence-corrected chi connectivity index (χ0v) is 23.4. The van der Waals surface area contributed by atoms with Crippen molar-refractivity contribution in [3.63, 3.8) is 0 Å². The molecule has 3 heterocycles. The first-order valence-electron chi connectivity index (χ1n) is 13.1. The Morgan fingerprint density at radius 1 is 1.07 bits per heavy atom. The molecule has 11 nitrogen and oxygen atoms in total. The molecule has 2 aromatic carbocycles. The minimum atomic E-state index is -3.71. The Kier molecular flexibility index (Phi) is 7.69. The van der Waals surface area contributed by atoms with Crippen LogP contribution in [-0.4, -0.2) is 71.6 Å². The Balaban J connectivity index is 1.38. The standard InChI is InChI=1S/C28H32N8O3S/c1-4-40(38,39)34-28(33-23-12-8-9-21(15-23)27(37)32-22-10-6-5-7-11-22)36-14-13-35(17-20(36)3)26-24-19(2)16-29-25(24)30-18-31-26/h5-12,15-16,18,20H,4,13-14,17H2,1-3H3,(H,32,37)(H,33,34)(H,29,30,31). The number of H-pyrrole nitrogens is 1. The Morgan fingerprint density at radius 3 is 2.60 bits per heavy atom. The van der Waals surface area contributed by atoms with Crippen LogP contribution < -0.4 is 15.5 Å². The van der Waals surface area contributed by atoms with Gasteiger partial charge >= 0.3 is 0 Å². The third-order valence-corrected chi connectivity index (χ3v) is 8.03. The molecule has 1 amide bonds. The van der Waals surface area contributed by atoms with Crippen LogP contribution in [0.4, 0.5) is 17.2 Å². The molecule has 208 valence electrons. The summed E-state index contributed by atoms with van der Waals surface area (Å²) >= 11 is 0. The van der Waals surface area contributed by atoms with Gasteiger partial charge in [0, 0.05) is 48.8 Å². The number of fused-ring (bicyclic) bond motifs is 1. The monoisotopic (exact) mass is 560 g/mol. The molecular formula is C28H32N8O3S. The summed E-state index contributed by atoms with van der Waals surface area (Å²) < 4.78 is 29.4. The first-order chi connectivity index (χ1) is 19.2. The molecule has 40 heavy (non-hydrogen) atoms. The summed E-state index contributed by atoms with van der Waals surface area (Å²) in [6, 6.07) is 16.0. The van der Waals surface area contributed by atoms with Crippen LogP contribution in [0.15, 0.2) is 71.5 Å². The van der Waals surface area contributed by atoms with E-state index in [0.717, 1.165) is 22.4 Å². The van der Waals surface area contributed by atoms with Crippen LogP contribution in [0, 0.1) is 6.92 Å². The van der Waals surface area contributed by atoms with Gasteiger partial charge < -0.3 is 25.4 Å². The van der Waals surface area contributed by atoms with Crippen molar-refractivity contribution in [1.29, 1.82) is 0 Å². The highest BCUT2D eigenvalue weighted by atomic mass is 32.2. The van der Waals surface area contributed by atoms with E-state index in [-0.39, 0.29) is 23.7 Å². The molecule has 5 rings (SSSR count). The van der Waals surface area contributed by atoms with Crippen LogP contribution in [0.2, 0.25) is 0 Å². The SMILES string of the molecule is CCS(=O)(=O)N=C(Nc1cccc(C(=O)Nc2ccccc2)c1)N1CCN(c2ncnc3[nH]cc(C)c23)CC1C. The van der Waals surface area contributed by atoms with Gasteiger partial charge in [0.1, 0.15) is 17.8 Å². The van der Waals surface area contributed by atoms with Gasteiger partial charge in [0.15, 0.2) is 0 Å². The molecular weight excluding hydrogens is 528 g/mol. The molecule has 1 unspecified atom stereocenters. The van der Waals surface area contributed by atoms with E-state index in [1.807, 2.05) is 55.3 Å². The van der Waals surface area contributed by atoms with Crippen LogP contribution in [-0.2, 0) is 10.0 Å². The molecule has 1 aliphatic rings. The van der Waals surface area contributed by atoms with E-state index in [1.165, 1.54) is 0 Å². The lowest BCUT2D eigenvalue weighted by Crippen LogP contribution is -2.56. The Bertz CT molecular complexity index is 1650. The van der Waals surface area contributed by atoms with Crippen molar-refractivity contribution in [2.75, 3.05) is 40.9 Å². The number of anilines is 3. The first-order valence-corrected chi connectivity index (χ1v) is 14.7. The van der Waals surface area contributed by atoms with Crippen molar-refractivity contribution in [3.8, 4) is 0 Å². The predicted molar refractivity (Wildman–Crippen MR) is 158 cm³/mol. The largest absolute Gasteiger partial charge is 0.352 e. The minimum Gasteiger partial charge on any atom is -0.352 e. The molecule has 1 atom stereocenters. The number of aryl methyl sites for hydroxylation is 1. The van der Waals surface area contributed by atoms with E-state index in [9.17, 15) is 13.2 Å². The number of aromatic amines is 1. The molecule has 0 bridgehead atoms. The molecule has 0 aliphatic carbocycles. The number of benzene rings is 2. The van der Waals surface area contributed by atoms with Gasteiger partial charge in [-0.05, 0) is 56.7 Å². The van der Waals surface area contributed by atoms with Crippen LogP contribution in [0.1, 0.15) is 29.8 Å². The van der Waals surface area contributed by atoms with Crippen molar-refractivity contribution >= 4 is 50.1 Å². The fourth-order valence-electron chi connectivity index (χ4n) is 4.74. The smallest absolute Gasteiger partial charge is 0.256 e. The van der Waals surface area contributed by atoms with Gasteiger partial charge in [0.2, 0.25) is 5.96 Å². The average Bonchev–Trinajstić information content (AvgIpc) is 3.34. The first kappa shape index (κ1) is 27.1. The number of hydrogen-bond donors (Lipinski definition) is 3. The number of carbonyl (C=O) groups is 1. The van der Waals surface area contributed by atoms with E-state index < -0.39 is 10.0 Å². The van der Waals surface area contributed by atoms with Gasteiger partial charge in [-0.25, -0.2) is 18.4 Å². The molecule has 2 aromatic heterocycles. The quantitative estimate of drug-likeness (QED) is 0.239. The molecule has 0 spiro atoms. The summed E-state index contributed by atoms with van der Waals surface area (Å²) in [4.78, 5) is 29.1. The summed E-state index contributed by atoms with van der Waals surface area (Å²) in [7, 11) is -3.71. The van der Waals surface area contributed by atoms with Gasteiger partial charge in [-0.2, -0.15) is 0 Å². The molecule has 4 aromatic rings. The van der Waals surface area contributed by atoms with E-state index >= 15 is 0 Å². The minimum absolute atomic E-state index is 0.0964. The second-order valence-corrected chi connectivity index (χ2v) is 11.6. The van der Waals surface area contributed by atoms with Gasteiger partial charge in [0.25, 0.3) is 15.9 Å². The second kappa shape index (κ2) is 11.3. The number of para-hydroxylation sites is 1. The highest BCUT2D eigenvalue weighted by Gasteiger charge is 2.29. The lowest BCUT2D eigenvalue weighted by molar-refractivity contribution is 0.102. The molecule has 1 aliphatic heterocycles. The number of guanidine groups is 1. The molecule has 12 heteroatoms. The normalized spacial score (nSPS) is 16.3. The average molecular weight is 561 g/mol. The summed E-state index contributed by atoms with van der Waals surface area (Å²) in [6.45, 7) is 7.32. The number of sulfonamides is 1. The Labute approximate surface area is 233 Å². The summed E-state index contributed by atoms with van der Waals surface area (Å²) in [5.41, 5.74) is 3.52. The highest BCUT2D eigenvalue weighted by molar-refractivity contribution is 7.90. The maximum absolute atomic E-state index is 12.9. The maximum atomic E-state index is 12.9. The van der Waals surface area contributed by atoms with E-state index in [0.29, 0.717) is 36.6 Å². The van der Waals surface area contributed by atoms with E-state index in [4.69, 9.17) is 0 Å². The summed E-state index contributed by atoms with van der Waals surface area (Å²) in [5.74, 6) is 0.672. The molecule has 0 saturated carbocycles. The lowest BCUT2D eigenvalue weighted by Gasteiger charge is -2.42. The van der Waals surface area contributed by atoms with Crippen molar-refractivity contribution < 1.29 is 13.2 Å². The van der Waals surface area contributed by atoms with Gasteiger partial charge in [-0.15, -0.1) is 4.40 Å². The topological polar surface area (TPSA) is 136 Å². The third-order valence-electron chi connectivity index (χ3n) is 6.85. The summed E-state index contributed by atoms with van der Waals surface area (Å²) in [5, 5.41) is 7.04. The van der Waals surface area contributed by atoms with Crippen molar-refractivity contribution in [1.82, 2.24) is 19.9 Å². The van der Waals surface area contributed by atoms with E-state index in [2.05, 4.69) is 34.9 Å². The zero-order chi connectivity index (χ0) is 28.3. The number of amides is 1. The van der Waals surface area contributed by atoms with Crippen molar-refractivity contribution in [2.24, 2.45) is 4.40 Å². The number of carbonyl (C=O) groups excluding carboxylic acids is 1. The van der Waals surface area contributed by atoms with Crippen LogP contribution in [0.5, 0.6) is 0 Å². The maximum Gasteiger partial charge on any atom is 0.256 e. The molecule has 1 fully saturated rings. The number of aromatic nitrogens is 3. The van der Waals surface area contributed by atoms with Gasteiger partial charge in [-0.3, -0.25) is 4.79 Å². The molecule has 1 saturated heterocycles. The van der Waals surface area contributed by atoms with Crippen molar-refractivity contribution in [3.05, 3.63) is 78.2 Å². The summed E-state index contributed by atoms with van der Waals surface area (Å²) in [6.07, 6.45) is 3.47. The van der Waals surface area contributed by atoms with Gasteiger partial charge in [-0.1, -0.05) is 24.3 Å². The lowest BCUT2D eigenvalue weighted by atomic mass is 10.1. The molecule has 0 radical (unpaired) electrons. The number of hydrogen-bond acceptors (Lipinski definition) is 6. The highest BCUT2D eigenvalue weighted by Crippen LogP contribution is 2.28. The number of piperazine rings is 1. The molecule has 3 N–H and O–H groups in total.